The lowest BCUT2D eigenvalue weighted by molar-refractivity contribution is -0.122. The van der Waals surface area contributed by atoms with Crippen molar-refractivity contribution in [3.63, 3.8) is 0 Å². The minimum atomic E-state index is -0.306. The smallest absolute Gasteiger partial charge is 0.255 e. The maximum absolute atomic E-state index is 12.0. The number of hydrogen-bond acceptors (Lipinski definition) is 3. The monoisotopic (exact) mass is 267 g/mol. The molecular formula is C12H14ClN3O2. The average molecular weight is 268 g/mol. The molecule has 4 N–H and O–H groups in total. The van der Waals surface area contributed by atoms with E-state index in [9.17, 15) is 9.59 Å². The summed E-state index contributed by atoms with van der Waals surface area (Å²) >= 11 is 5.95. The molecule has 0 aliphatic carbocycles. The van der Waals surface area contributed by atoms with Crippen LogP contribution in [0.3, 0.4) is 0 Å². The molecule has 1 aliphatic heterocycles. The fraction of sp³-hybridized carbons (Fsp3) is 0.333. The van der Waals surface area contributed by atoms with E-state index in [2.05, 4.69) is 10.6 Å². The van der Waals surface area contributed by atoms with Crippen LogP contribution in [-0.2, 0) is 4.79 Å². The molecule has 96 valence electrons. The van der Waals surface area contributed by atoms with Gasteiger partial charge in [0.25, 0.3) is 5.91 Å². The number of amides is 2. The number of nitrogens with two attached hydrogens (primary N) is 1. The Morgan fingerprint density at radius 1 is 1.50 bits per heavy atom. The first-order chi connectivity index (χ1) is 8.58. The zero-order chi connectivity index (χ0) is 13.1. The summed E-state index contributed by atoms with van der Waals surface area (Å²) in [4.78, 5) is 23.1. The van der Waals surface area contributed by atoms with Gasteiger partial charge in [0.15, 0.2) is 0 Å². The van der Waals surface area contributed by atoms with Gasteiger partial charge in [0.1, 0.15) is 0 Å². The van der Waals surface area contributed by atoms with Gasteiger partial charge in [-0.1, -0.05) is 17.7 Å². The molecule has 18 heavy (non-hydrogen) atoms. The molecule has 1 aromatic rings. The topological polar surface area (TPSA) is 84.2 Å². The van der Waals surface area contributed by atoms with E-state index in [1.54, 1.807) is 18.2 Å². The summed E-state index contributed by atoms with van der Waals surface area (Å²) in [6.07, 6.45) is 1.05. The predicted molar refractivity (Wildman–Crippen MR) is 69.4 cm³/mol. The number of rotatable bonds is 2. The highest BCUT2D eigenvalue weighted by Gasteiger charge is 2.22. The van der Waals surface area contributed by atoms with Crippen molar-refractivity contribution in [3.05, 3.63) is 28.8 Å². The molecule has 5 nitrogen and oxygen atoms in total. The molecule has 1 atom stereocenters. The number of nitrogen functional groups attached to an aromatic ring is 1. The Kier molecular flexibility index (Phi) is 3.72. The Morgan fingerprint density at radius 3 is 2.89 bits per heavy atom. The quantitative estimate of drug-likeness (QED) is 0.697. The molecule has 0 spiro atoms. The Hall–Kier alpha value is -1.75. The molecule has 1 saturated heterocycles. The minimum absolute atomic E-state index is 0.0118. The first-order valence-electron chi connectivity index (χ1n) is 5.69. The van der Waals surface area contributed by atoms with Crippen molar-refractivity contribution in [2.45, 2.75) is 18.9 Å². The van der Waals surface area contributed by atoms with Crippen LogP contribution in [0.4, 0.5) is 5.69 Å². The molecule has 2 amide bonds. The summed E-state index contributed by atoms with van der Waals surface area (Å²) in [5.74, 6) is -0.294. The van der Waals surface area contributed by atoms with Crippen LogP contribution in [0.1, 0.15) is 23.2 Å². The number of nitrogens with one attached hydrogen (secondary N) is 2. The lowest BCUT2D eigenvalue weighted by atomic mass is 10.1. The first kappa shape index (κ1) is 12.7. The van der Waals surface area contributed by atoms with Crippen LogP contribution < -0.4 is 16.4 Å². The van der Waals surface area contributed by atoms with Crippen molar-refractivity contribution in [1.82, 2.24) is 10.6 Å². The number of hydrogen-bond donors (Lipinski definition) is 3. The lowest BCUT2D eigenvalue weighted by Gasteiger charge is -2.23. The number of carbonyl (C=O) groups excluding carboxylic acids is 2. The van der Waals surface area contributed by atoms with Gasteiger partial charge in [0.05, 0.1) is 10.6 Å². The van der Waals surface area contributed by atoms with Gasteiger partial charge < -0.3 is 16.4 Å². The minimum Gasteiger partial charge on any atom is -0.398 e. The largest absolute Gasteiger partial charge is 0.398 e. The Morgan fingerprint density at radius 2 is 2.28 bits per heavy atom. The Balaban J connectivity index is 2.06. The van der Waals surface area contributed by atoms with Gasteiger partial charge in [-0.3, -0.25) is 9.59 Å². The fourth-order valence-electron chi connectivity index (χ4n) is 1.89. The molecule has 1 unspecified atom stereocenters. The molecule has 2 rings (SSSR count). The predicted octanol–water partition coefficient (Wildman–Crippen LogP) is 0.931. The van der Waals surface area contributed by atoms with Gasteiger partial charge in [-0.15, -0.1) is 0 Å². The van der Waals surface area contributed by atoms with Gasteiger partial charge >= 0.3 is 0 Å². The van der Waals surface area contributed by atoms with Crippen LogP contribution in [0.15, 0.2) is 18.2 Å². The highest BCUT2D eigenvalue weighted by Crippen LogP contribution is 2.22. The van der Waals surface area contributed by atoms with E-state index in [0.717, 1.165) is 0 Å². The number of carbonyl (C=O) groups is 2. The standard InChI is InChI=1S/C12H14ClN3O2/c13-8-2-1-3-9(14)11(8)12(18)16-7-4-5-10(17)15-6-7/h1-3,7H,4-6,14H2,(H,15,17)(H,16,18). The average Bonchev–Trinajstić information content (AvgIpc) is 2.32. The van der Waals surface area contributed by atoms with Crippen LogP contribution >= 0.6 is 11.6 Å². The third-order valence-corrected chi connectivity index (χ3v) is 3.19. The Labute approximate surface area is 110 Å². The SMILES string of the molecule is Nc1cccc(Cl)c1C(=O)NC1CCC(=O)NC1. The number of benzene rings is 1. The number of anilines is 1. The van der Waals surface area contributed by atoms with Crippen LogP contribution in [0.5, 0.6) is 0 Å². The third-order valence-electron chi connectivity index (χ3n) is 2.87. The zero-order valence-corrected chi connectivity index (χ0v) is 10.5. The van der Waals surface area contributed by atoms with Crippen molar-refractivity contribution >= 4 is 29.1 Å². The van der Waals surface area contributed by atoms with E-state index in [0.29, 0.717) is 30.1 Å². The second-order valence-corrected chi connectivity index (χ2v) is 4.62. The van der Waals surface area contributed by atoms with Crippen molar-refractivity contribution in [3.8, 4) is 0 Å². The van der Waals surface area contributed by atoms with E-state index in [1.807, 2.05) is 0 Å². The summed E-state index contributed by atoms with van der Waals surface area (Å²) in [5, 5.41) is 5.85. The van der Waals surface area contributed by atoms with Gasteiger partial charge in [0, 0.05) is 24.7 Å². The molecule has 0 bridgehead atoms. The highest BCUT2D eigenvalue weighted by atomic mass is 35.5. The molecule has 0 aromatic heterocycles. The zero-order valence-electron chi connectivity index (χ0n) is 9.70. The van der Waals surface area contributed by atoms with E-state index < -0.39 is 0 Å². The second kappa shape index (κ2) is 5.27. The summed E-state index contributed by atoms with van der Waals surface area (Å²) in [6.45, 7) is 0.439. The van der Waals surface area contributed by atoms with E-state index in [4.69, 9.17) is 17.3 Å². The molecule has 6 heteroatoms. The van der Waals surface area contributed by atoms with Crippen LogP contribution in [0, 0.1) is 0 Å². The van der Waals surface area contributed by atoms with Gasteiger partial charge in [-0.2, -0.15) is 0 Å². The van der Waals surface area contributed by atoms with E-state index in [1.165, 1.54) is 0 Å². The molecular weight excluding hydrogens is 254 g/mol. The van der Waals surface area contributed by atoms with Crippen molar-refractivity contribution in [1.29, 1.82) is 0 Å². The third kappa shape index (κ3) is 2.73. The van der Waals surface area contributed by atoms with E-state index in [-0.39, 0.29) is 23.4 Å². The summed E-state index contributed by atoms with van der Waals surface area (Å²) in [6, 6.07) is 4.86. The van der Waals surface area contributed by atoms with Crippen LogP contribution in [-0.4, -0.2) is 24.4 Å². The Bertz CT molecular complexity index is 460. The van der Waals surface area contributed by atoms with Gasteiger partial charge in [0.2, 0.25) is 5.91 Å². The van der Waals surface area contributed by atoms with Crippen molar-refractivity contribution in [2.75, 3.05) is 12.3 Å². The number of piperidine rings is 1. The lowest BCUT2D eigenvalue weighted by Crippen LogP contribution is -2.47. The van der Waals surface area contributed by atoms with Crippen LogP contribution in [0.2, 0.25) is 5.02 Å². The normalized spacial score (nSPS) is 19.2. The maximum atomic E-state index is 12.0. The summed E-state index contributed by atoms with van der Waals surface area (Å²) < 4.78 is 0. The maximum Gasteiger partial charge on any atom is 0.255 e. The molecule has 1 aliphatic rings. The fourth-order valence-corrected chi connectivity index (χ4v) is 2.16. The molecule has 0 saturated carbocycles. The molecule has 1 heterocycles. The molecule has 1 fully saturated rings. The molecule has 1 aromatic carbocycles. The van der Waals surface area contributed by atoms with E-state index >= 15 is 0 Å². The van der Waals surface area contributed by atoms with Gasteiger partial charge in [-0.25, -0.2) is 0 Å². The van der Waals surface area contributed by atoms with Crippen molar-refractivity contribution < 1.29 is 9.59 Å². The first-order valence-corrected chi connectivity index (χ1v) is 6.07. The van der Waals surface area contributed by atoms with Gasteiger partial charge in [-0.05, 0) is 18.6 Å². The molecule has 0 radical (unpaired) electrons. The van der Waals surface area contributed by atoms with Crippen molar-refractivity contribution in [2.24, 2.45) is 0 Å². The van der Waals surface area contributed by atoms with Crippen LogP contribution in [0.25, 0.3) is 0 Å². The summed E-state index contributed by atoms with van der Waals surface area (Å²) in [5.41, 5.74) is 6.37. The summed E-state index contributed by atoms with van der Waals surface area (Å²) in [7, 11) is 0. The second-order valence-electron chi connectivity index (χ2n) is 4.22. The number of halogens is 1. The highest BCUT2D eigenvalue weighted by molar-refractivity contribution is 6.34.